The highest BCUT2D eigenvalue weighted by Crippen LogP contribution is 2.42. The van der Waals surface area contributed by atoms with E-state index in [0.717, 1.165) is 35.2 Å². The SMILES string of the molecule is N[C@H]1CC2(CCOC2)Oc2ccc(Br)cc21. The largest absolute Gasteiger partial charge is 0.484 e. The van der Waals surface area contributed by atoms with E-state index < -0.39 is 0 Å². The van der Waals surface area contributed by atoms with E-state index in [2.05, 4.69) is 15.9 Å². The Hall–Kier alpha value is -0.580. The van der Waals surface area contributed by atoms with E-state index in [-0.39, 0.29) is 11.6 Å². The maximum absolute atomic E-state index is 6.21. The number of nitrogens with two attached hydrogens (primary N) is 1. The number of fused-ring (bicyclic) bond motifs is 1. The van der Waals surface area contributed by atoms with Crippen LogP contribution < -0.4 is 10.5 Å². The first kappa shape index (κ1) is 10.6. The molecule has 86 valence electrons. The lowest BCUT2D eigenvalue weighted by atomic mass is 9.87. The second-order valence-corrected chi connectivity index (χ2v) is 5.50. The first-order valence-corrected chi connectivity index (χ1v) is 6.30. The number of rotatable bonds is 0. The van der Waals surface area contributed by atoms with Crippen molar-refractivity contribution in [1.29, 1.82) is 0 Å². The molecule has 1 fully saturated rings. The molecule has 0 saturated carbocycles. The molecule has 2 aliphatic heterocycles. The quantitative estimate of drug-likeness (QED) is 0.795. The van der Waals surface area contributed by atoms with Crippen molar-refractivity contribution in [2.75, 3.05) is 13.2 Å². The van der Waals surface area contributed by atoms with E-state index >= 15 is 0 Å². The first-order chi connectivity index (χ1) is 7.69. The standard InChI is InChI=1S/C12H14BrNO2/c13-8-1-2-11-9(5-8)10(14)6-12(16-11)3-4-15-7-12/h1-2,5,10H,3-4,6-7,14H2/t10-,12?/m0/s1. The van der Waals surface area contributed by atoms with Crippen LogP contribution in [0.1, 0.15) is 24.4 Å². The Labute approximate surface area is 103 Å². The second-order valence-electron chi connectivity index (χ2n) is 4.58. The first-order valence-electron chi connectivity index (χ1n) is 5.50. The number of hydrogen-bond acceptors (Lipinski definition) is 3. The lowest BCUT2D eigenvalue weighted by Crippen LogP contribution is -2.43. The van der Waals surface area contributed by atoms with E-state index in [1.54, 1.807) is 0 Å². The van der Waals surface area contributed by atoms with E-state index in [1.807, 2.05) is 18.2 Å². The van der Waals surface area contributed by atoms with Gasteiger partial charge in [0.15, 0.2) is 0 Å². The molecule has 1 aromatic carbocycles. The van der Waals surface area contributed by atoms with Crippen molar-refractivity contribution in [2.45, 2.75) is 24.5 Å². The van der Waals surface area contributed by atoms with E-state index in [9.17, 15) is 0 Å². The molecule has 3 rings (SSSR count). The molecule has 1 aromatic rings. The molecule has 0 amide bonds. The second kappa shape index (κ2) is 3.72. The van der Waals surface area contributed by atoms with Gasteiger partial charge in [-0.2, -0.15) is 0 Å². The van der Waals surface area contributed by atoms with Crippen LogP contribution in [0.3, 0.4) is 0 Å². The molecule has 1 saturated heterocycles. The van der Waals surface area contributed by atoms with Crippen molar-refractivity contribution in [3.63, 3.8) is 0 Å². The number of benzene rings is 1. The summed E-state index contributed by atoms with van der Waals surface area (Å²) >= 11 is 3.46. The fraction of sp³-hybridized carbons (Fsp3) is 0.500. The molecule has 0 aromatic heterocycles. The Bertz CT molecular complexity index is 415. The van der Waals surface area contributed by atoms with Crippen LogP contribution in [0.25, 0.3) is 0 Å². The molecule has 1 spiro atoms. The van der Waals surface area contributed by atoms with Gasteiger partial charge in [0.25, 0.3) is 0 Å². The third kappa shape index (κ3) is 1.65. The molecule has 0 bridgehead atoms. The number of hydrogen-bond donors (Lipinski definition) is 1. The minimum absolute atomic E-state index is 0.0444. The maximum atomic E-state index is 6.21. The Morgan fingerprint density at radius 1 is 1.44 bits per heavy atom. The summed E-state index contributed by atoms with van der Waals surface area (Å²) in [7, 11) is 0. The monoisotopic (exact) mass is 283 g/mol. The normalized spacial score (nSPS) is 32.5. The van der Waals surface area contributed by atoms with Crippen LogP contribution in [-0.2, 0) is 4.74 Å². The molecule has 2 heterocycles. The summed E-state index contributed by atoms with van der Waals surface area (Å²) in [6, 6.07) is 6.06. The summed E-state index contributed by atoms with van der Waals surface area (Å²) in [5.74, 6) is 0.910. The van der Waals surface area contributed by atoms with Gasteiger partial charge in [-0.05, 0) is 18.2 Å². The third-order valence-electron chi connectivity index (χ3n) is 3.36. The highest BCUT2D eigenvalue weighted by Gasteiger charge is 2.43. The van der Waals surface area contributed by atoms with Gasteiger partial charge in [-0.15, -0.1) is 0 Å². The van der Waals surface area contributed by atoms with Gasteiger partial charge in [0.2, 0.25) is 0 Å². The molecule has 0 aliphatic carbocycles. The highest BCUT2D eigenvalue weighted by molar-refractivity contribution is 9.10. The summed E-state index contributed by atoms with van der Waals surface area (Å²) in [6.07, 6.45) is 1.78. The zero-order valence-electron chi connectivity index (χ0n) is 8.91. The van der Waals surface area contributed by atoms with E-state index in [0.29, 0.717) is 6.61 Å². The molecule has 2 atom stereocenters. The fourth-order valence-electron chi connectivity index (χ4n) is 2.52. The lowest BCUT2D eigenvalue weighted by Gasteiger charge is -2.37. The minimum atomic E-state index is -0.180. The van der Waals surface area contributed by atoms with Crippen LogP contribution in [0.2, 0.25) is 0 Å². The molecule has 3 nitrogen and oxygen atoms in total. The Balaban J connectivity index is 1.99. The predicted molar refractivity (Wildman–Crippen MR) is 64.5 cm³/mol. The van der Waals surface area contributed by atoms with Crippen molar-refractivity contribution >= 4 is 15.9 Å². The van der Waals surface area contributed by atoms with Crippen molar-refractivity contribution in [2.24, 2.45) is 5.73 Å². The van der Waals surface area contributed by atoms with Gasteiger partial charge >= 0.3 is 0 Å². The summed E-state index contributed by atoms with van der Waals surface area (Å²) in [5.41, 5.74) is 7.12. The zero-order valence-corrected chi connectivity index (χ0v) is 10.5. The highest BCUT2D eigenvalue weighted by atomic mass is 79.9. The van der Waals surface area contributed by atoms with Crippen LogP contribution in [0.15, 0.2) is 22.7 Å². The van der Waals surface area contributed by atoms with Gasteiger partial charge in [0, 0.05) is 28.9 Å². The van der Waals surface area contributed by atoms with Crippen LogP contribution in [-0.4, -0.2) is 18.8 Å². The summed E-state index contributed by atoms with van der Waals surface area (Å²) in [6.45, 7) is 1.44. The number of halogens is 1. The topological polar surface area (TPSA) is 44.5 Å². The van der Waals surface area contributed by atoms with Crippen molar-refractivity contribution in [3.8, 4) is 5.75 Å². The van der Waals surface area contributed by atoms with Gasteiger partial charge < -0.3 is 15.2 Å². The average Bonchev–Trinajstić information content (AvgIpc) is 2.68. The molecular weight excluding hydrogens is 270 g/mol. The number of ether oxygens (including phenoxy) is 2. The van der Waals surface area contributed by atoms with Crippen LogP contribution in [0.5, 0.6) is 5.75 Å². The molecule has 0 radical (unpaired) electrons. The third-order valence-corrected chi connectivity index (χ3v) is 3.85. The van der Waals surface area contributed by atoms with Gasteiger partial charge in [-0.25, -0.2) is 0 Å². The minimum Gasteiger partial charge on any atom is -0.484 e. The van der Waals surface area contributed by atoms with Gasteiger partial charge in [0.1, 0.15) is 11.4 Å². The Morgan fingerprint density at radius 2 is 2.31 bits per heavy atom. The Kier molecular flexibility index (Phi) is 2.46. The lowest BCUT2D eigenvalue weighted by molar-refractivity contribution is 0.0235. The summed E-state index contributed by atoms with van der Waals surface area (Å²) < 4.78 is 12.6. The zero-order chi connectivity index (χ0) is 11.2. The van der Waals surface area contributed by atoms with E-state index in [4.69, 9.17) is 15.2 Å². The van der Waals surface area contributed by atoms with Gasteiger partial charge in [-0.1, -0.05) is 15.9 Å². The predicted octanol–water partition coefficient (Wildman–Crippen LogP) is 2.39. The molecule has 2 N–H and O–H groups in total. The van der Waals surface area contributed by atoms with Crippen molar-refractivity contribution < 1.29 is 9.47 Å². The summed E-state index contributed by atoms with van der Waals surface area (Å²) in [5, 5.41) is 0. The maximum Gasteiger partial charge on any atom is 0.136 e. The van der Waals surface area contributed by atoms with Crippen LogP contribution in [0, 0.1) is 0 Å². The fourth-order valence-corrected chi connectivity index (χ4v) is 2.90. The Morgan fingerprint density at radius 3 is 3.06 bits per heavy atom. The molecule has 1 unspecified atom stereocenters. The van der Waals surface area contributed by atoms with Crippen LogP contribution >= 0.6 is 15.9 Å². The smallest absolute Gasteiger partial charge is 0.136 e. The van der Waals surface area contributed by atoms with Gasteiger partial charge in [0.05, 0.1) is 13.2 Å². The molecular formula is C12H14BrNO2. The van der Waals surface area contributed by atoms with Crippen molar-refractivity contribution in [3.05, 3.63) is 28.2 Å². The molecule has 2 aliphatic rings. The van der Waals surface area contributed by atoms with Crippen molar-refractivity contribution in [1.82, 2.24) is 0 Å². The van der Waals surface area contributed by atoms with Crippen LogP contribution in [0.4, 0.5) is 0 Å². The van der Waals surface area contributed by atoms with Gasteiger partial charge in [-0.3, -0.25) is 0 Å². The summed E-state index contributed by atoms with van der Waals surface area (Å²) in [4.78, 5) is 0. The molecule has 4 heteroatoms. The average molecular weight is 284 g/mol. The molecule has 16 heavy (non-hydrogen) atoms. The van der Waals surface area contributed by atoms with E-state index in [1.165, 1.54) is 0 Å².